The summed E-state index contributed by atoms with van der Waals surface area (Å²) in [6, 6.07) is 10.5. The Balaban J connectivity index is 2.08. The summed E-state index contributed by atoms with van der Waals surface area (Å²) in [5.74, 6) is 0.294. The van der Waals surface area contributed by atoms with Crippen LogP contribution >= 0.6 is 0 Å². The van der Waals surface area contributed by atoms with E-state index >= 15 is 0 Å². The summed E-state index contributed by atoms with van der Waals surface area (Å²) >= 11 is 0. The van der Waals surface area contributed by atoms with Gasteiger partial charge in [0.1, 0.15) is 5.82 Å². The fourth-order valence-corrected chi connectivity index (χ4v) is 1.63. The molecule has 3 nitrogen and oxygen atoms in total. The number of nitrogens with one attached hydrogen (secondary N) is 1. The molecule has 0 bridgehead atoms. The highest BCUT2D eigenvalue weighted by Gasteiger charge is 2.03. The second-order valence-electron chi connectivity index (χ2n) is 4.01. The number of halogens is 1. The maximum Gasteiger partial charge on any atom is 0.213 e. The lowest BCUT2D eigenvalue weighted by Gasteiger charge is -2.08. The van der Waals surface area contributed by atoms with E-state index < -0.39 is 0 Å². The van der Waals surface area contributed by atoms with Crippen molar-refractivity contribution in [2.75, 3.05) is 12.4 Å². The molecule has 0 aliphatic heterocycles. The molecule has 2 rings (SSSR count). The molecule has 1 N–H and O–H groups in total. The molecule has 0 aliphatic carbocycles. The average Bonchev–Trinajstić information content (AvgIpc) is 2.40. The lowest BCUT2D eigenvalue weighted by Crippen LogP contribution is -2.04. The Morgan fingerprint density at radius 3 is 2.89 bits per heavy atom. The molecular weight excluding hydrogens is 231 g/mol. The van der Waals surface area contributed by atoms with Gasteiger partial charge in [0.2, 0.25) is 5.88 Å². The van der Waals surface area contributed by atoms with Crippen LogP contribution in [0.1, 0.15) is 11.3 Å². The van der Waals surface area contributed by atoms with Gasteiger partial charge in [0, 0.05) is 6.07 Å². The molecule has 1 aromatic heterocycles. The molecular formula is C14H15FN2O. The first-order chi connectivity index (χ1) is 8.69. The first-order valence-corrected chi connectivity index (χ1v) is 5.69. The van der Waals surface area contributed by atoms with Gasteiger partial charge in [-0.3, -0.25) is 0 Å². The molecule has 0 amide bonds. The van der Waals surface area contributed by atoms with Crippen molar-refractivity contribution < 1.29 is 9.13 Å². The normalized spacial score (nSPS) is 10.2. The maximum absolute atomic E-state index is 13.5. The van der Waals surface area contributed by atoms with Crippen molar-refractivity contribution in [1.29, 1.82) is 0 Å². The zero-order chi connectivity index (χ0) is 13.0. The molecule has 1 heterocycles. The number of hydrogen-bond acceptors (Lipinski definition) is 3. The monoisotopic (exact) mass is 246 g/mol. The lowest BCUT2D eigenvalue weighted by molar-refractivity contribution is 0.396. The smallest absolute Gasteiger partial charge is 0.213 e. The van der Waals surface area contributed by atoms with Crippen LogP contribution < -0.4 is 10.1 Å². The van der Waals surface area contributed by atoms with Crippen molar-refractivity contribution in [2.45, 2.75) is 13.5 Å². The van der Waals surface area contributed by atoms with Gasteiger partial charge >= 0.3 is 0 Å². The molecule has 0 unspecified atom stereocenters. The van der Waals surface area contributed by atoms with Gasteiger partial charge in [0.05, 0.1) is 25.0 Å². The largest absolute Gasteiger partial charge is 0.481 e. The van der Waals surface area contributed by atoms with Gasteiger partial charge in [-0.25, -0.2) is 9.37 Å². The van der Waals surface area contributed by atoms with Gasteiger partial charge in [-0.1, -0.05) is 12.1 Å². The molecule has 0 spiro atoms. The number of hydrogen-bond donors (Lipinski definition) is 1. The Labute approximate surface area is 106 Å². The third-order valence-corrected chi connectivity index (χ3v) is 2.57. The first kappa shape index (κ1) is 12.4. The highest BCUT2D eigenvalue weighted by atomic mass is 19.1. The summed E-state index contributed by atoms with van der Waals surface area (Å²) in [6.45, 7) is 2.38. The Morgan fingerprint density at radius 2 is 2.11 bits per heavy atom. The van der Waals surface area contributed by atoms with E-state index in [1.807, 2.05) is 19.1 Å². The van der Waals surface area contributed by atoms with E-state index in [2.05, 4.69) is 10.3 Å². The van der Waals surface area contributed by atoms with E-state index in [4.69, 9.17) is 4.74 Å². The minimum absolute atomic E-state index is 0.261. The van der Waals surface area contributed by atoms with Crippen molar-refractivity contribution in [3.63, 3.8) is 0 Å². The van der Waals surface area contributed by atoms with Crippen LogP contribution in [0.3, 0.4) is 0 Å². The number of nitrogens with zero attached hydrogens (tertiary/aromatic N) is 1. The van der Waals surface area contributed by atoms with E-state index in [0.29, 0.717) is 18.1 Å². The van der Waals surface area contributed by atoms with Gasteiger partial charge in [-0.2, -0.15) is 0 Å². The van der Waals surface area contributed by atoms with E-state index in [-0.39, 0.29) is 5.82 Å². The Hall–Kier alpha value is -2.10. The van der Waals surface area contributed by atoms with Crippen LogP contribution in [0, 0.1) is 12.7 Å². The molecule has 0 atom stereocenters. The molecule has 4 heteroatoms. The molecule has 0 saturated carbocycles. The molecule has 0 radical (unpaired) electrons. The van der Waals surface area contributed by atoms with Crippen molar-refractivity contribution in [1.82, 2.24) is 4.98 Å². The van der Waals surface area contributed by atoms with Crippen molar-refractivity contribution in [3.8, 4) is 5.88 Å². The minimum atomic E-state index is -0.261. The molecule has 0 saturated heterocycles. The highest BCUT2D eigenvalue weighted by molar-refractivity contribution is 5.47. The predicted molar refractivity (Wildman–Crippen MR) is 69.3 cm³/mol. The van der Waals surface area contributed by atoms with E-state index in [0.717, 1.165) is 11.3 Å². The Kier molecular flexibility index (Phi) is 3.77. The lowest BCUT2D eigenvalue weighted by atomic mass is 10.2. The van der Waals surface area contributed by atoms with Gasteiger partial charge in [-0.05, 0) is 30.7 Å². The maximum atomic E-state index is 13.5. The molecule has 0 aliphatic rings. The van der Waals surface area contributed by atoms with Crippen LogP contribution in [0.2, 0.25) is 0 Å². The van der Waals surface area contributed by atoms with Crippen molar-refractivity contribution >= 4 is 5.69 Å². The van der Waals surface area contributed by atoms with Gasteiger partial charge < -0.3 is 10.1 Å². The Morgan fingerprint density at radius 1 is 1.28 bits per heavy atom. The molecule has 18 heavy (non-hydrogen) atoms. The number of ether oxygens (including phenoxy) is 1. The third kappa shape index (κ3) is 2.97. The first-order valence-electron chi connectivity index (χ1n) is 5.69. The van der Waals surface area contributed by atoms with Crippen LogP contribution in [-0.2, 0) is 6.54 Å². The zero-order valence-electron chi connectivity index (χ0n) is 10.4. The number of methoxy groups -OCH3 is 1. The summed E-state index contributed by atoms with van der Waals surface area (Å²) < 4.78 is 18.5. The number of aromatic nitrogens is 1. The topological polar surface area (TPSA) is 34.1 Å². The average molecular weight is 246 g/mol. The summed E-state index contributed by atoms with van der Waals surface area (Å²) in [5.41, 5.74) is 2.30. The fraction of sp³-hybridized carbons (Fsp3) is 0.214. The fourth-order valence-electron chi connectivity index (χ4n) is 1.63. The molecule has 1 aromatic carbocycles. The van der Waals surface area contributed by atoms with Crippen LogP contribution in [0.4, 0.5) is 10.1 Å². The van der Waals surface area contributed by atoms with Gasteiger partial charge in [-0.15, -0.1) is 0 Å². The van der Waals surface area contributed by atoms with Crippen LogP contribution in [0.5, 0.6) is 5.88 Å². The second kappa shape index (κ2) is 5.49. The summed E-state index contributed by atoms with van der Waals surface area (Å²) in [5, 5.41) is 3.03. The minimum Gasteiger partial charge on any atom is -0.481 e. The number of pyridine rings is 1. The number of aryl methyl sites for hydroxylation is 1. The van der Waals surface area contributed by atoms with Crippen LogP contribution in [0.15, 0.2) is 36.4 Å². The van der Waals surface area contributed by atoms with Crippen LogP contribution in [-0.4, -0.2) is 12.1 Å². The quantitative estimate of drug-likeness (QED) is 0.899. The number of rotatable bonds is 4. The Bertz CT molecular complexity index is 543. The third-order valence-electron chi connectivity index (χ3n) is 2.57. The molecule has 94 valence electrons. The standard InChI is InChI=1S/C14H15FN2O/c1-10-6-7-12(15)13(8-10)16-9-11-4-3-5-14(17-11)18-2/h3-8,16H,9H2,1-2H3. The second-order valence-corrected chi connectivity index (χ2v) is 4.01. The zero-order valence-corrected chi connectivity index (χ0v) is 10.4. The predicted octanol–water partition coefficient (Wildman–Crippen LogP) is 3.15. The van der Waals surface area contributed by atoms with Gasteiger partial charge in [0.25, 0.3) is 0 Å². The van der Waals surface area contributed by atoms with E-state index in [9.17, 15) is 4.39 Å². The SMILES string of the molecule is COc1cccc(CNc2cc(C)ccc2F)n1. The number of anilines is 1. The highest BCUT2D eigenvalue weighted by Crippen LogP contribution is 2.16. The summed E-state index contributed by atoms with van der Waals surface area (Å²) in [7, 11) is 1.57. The number of benzene rings is 1. The molecule has 2 aromatic rings. The van der Waals surface area contributed by atoms with E-state index in [1.165, 1.54) is 6.07 Å². The van der Waals surface area contributed by atoms with Gasteiger partial charge in [0.15, 0.2) is 0 Å². The van der Waals surface area contributed by atoms with Crippen LogP contribution in [0.25, 0.3) is 0 Å². The van der Waals surface area contributed by atoms with Crippen molar-refractivity contribution in [2.24, 2.45) is 0 Å². The molecule has 0 fully saturated rings. The summed E-state index contributed by atoms with van der Waals surface area (Å²) in [4.78, 5) is 4.25. The van der Waals surface area contributed by atoms with Crippen molar-refractivity contribution in [3.05, 3.63) is 53.5 Å². The summed E-state index contributed by atoms with van der Waals surface area (Å²) in [6.07, 6.45) is 0. The van der Waals surface area contributed by atoms with E-state index in [1.54, 1.807) is 25.3 Å².